The molecule has 4 N–H and O–H groups in total. The number of carbonyl (C=O) groups excluding carboxylic acids is 2. The standard InChI is InChI=1S/C14H22N4O6/c1-9(19)11(17-23)13(21)15-7-5-3-4-6-8-16-14(22)12(18-24)10(2)20/h19-20H,3-8H2,1-2H3,(H,15,21)(H,16,22). The average molecular weight is 342 g/mol. The minimum Gasteiger partial charge on any atom is -0.510 e. The van der Waals surface area contributed by atoms with Crippen molar-refractivity contribution in [2.24, 2.45) is 10.4 Å². The van der Waals surface area contributed by atoms with E-state index in [9.17, 15) is 19.4 Å². The molecule has 0 aliphatic heterocycles. The van der Waals surface area contributed by atoms with Crippen molar-refractivity contribution in [1.82, 2.24) is 10.6 Å². The number of nitrogens with zero attached hydrogens (tertiary/aromatic N) is 2. The Morgan fingerprint density at radius 2 is 1.08 bits per heavy atom. The minimum absolute atomic E-state index is 0.323. The Balaban J connectivity index is 3.83. The molecule has 0 atom stereocenters. The van der Waals surface area contributed by atoms with E-state index in [2.05, 4.69) is 21.0 Å². The van der Waals surface area contributed by atoms with Gasteiger partial charge in [-0.25, -0.2) is 0 Å². The van der Waals surface area contributed by atoms with Crippen molar-refractivity contribution >= 4 is 11.8 Å². The number of rotatable bonds is 11. The molecule has 0 aliphatic rings. The average Bonchev–Trinajstić information content (AvgIpc) is 2.50. The number of unbranched alkanes of at least 4 members (excludes halogenated alkanes) is 3. The van der Waals surface area contributed by atoms with Gasteiger partial charge in [-0.3, -0.25) is 9.59 Å². The molecule has 0 saturated carbocycles. The van der Waals surface area contributed by atoms with E-state index >= 15 is 0 Å². The van der Waals surface area contributed by atoms with Crippen LogP contribution in [0.5, 0.6) is 0 Å². The number of aliphatic hydroxyl groups excluding tert-OH is 2. The predicted octanol–water partition coefficient (Wildman–Crippen LogP) is 1.89. The smallest absolute Gasteiger partial charge is 0.277 e. The van der Waals surface area contributed by atoms with Gasteiger partial charge in [0.2, 0.25) is 11.4 Å². The maximum absolute atomic E-state index is 11.4. The van der Waals surface area contributed by atoms with Crippen LogP contribution in [0, 0.1) is 9.81 Å². The van der Waals surface area contributed by atoms with E-state index in [-0.39, 0.29) is 0 Å². The highest BCUT2D eigenvalue weighted by Gasteiger charge is 2.13. The molecule has 0 saturated heterocycles. The second kappa shape index (κ2) is 11.7. The lowest BCUT2D eigenvalue weighted by Crippen LogP contribution is -2.26. The molecule has 0 fully saturated rings. The van der Waals surface area contributed by atoms with Gasteiger partial charge in [-0.1, -0.05) is 12.8 Å². The van der Waals surface area contributed by atoms with Crippen LogP contribution >= 0.6 is 0 Å². The van der Waals surface area contributed by atoms with Crippen molar-refractivity contribution in [1.29, 1.82) is 0 Å². The quantitative estimate of drug-likeness (QED) is 0.194. The molecule has 0 aliphatic carbocycles. The molecule has 0 rings (SSSR count). The lowest BCUT2D eigenvalue weighted by atomic mass is 10.2. The summed E-state index contributed by atoms with van der Waals surface area (Å²) in [5, 5.41) is 27.9. The van der Waals surface area contributed by atoms with E-state index in [1.807, 2.05) is 0 Å². The van der Waals surface area contributed by atoms with Crippen LogP contribution in [0.1, 0.15) is 39.5 Å². The zero-order valence-electron chi connectivity index (χ0n) is 13.7. The molecule has 0 aromatic carbocycles. The van der Waals surface area contributed by atoms with Crippen LogP contribution < -0.4 is 10.6 Å². The number of allylic oxidation sites excluding steroid dienone is 2. The second-order valence-corrected chi connectivity index (χ2v) is 4.98. The fourth-order valence-corrected chi connectivity index (χ4v) is 1.72. The fourth-order valence-electron chi connectivity index (χ4n) is 1.72. The molecule has 10 heteroatoms. The Bertz CT molecular complexity index is 485. The fraction of sp³-hybridized carbons (Fsp3) is 0.571. The topological polar surface area (TPSA) is 158 Å². The van der Waals surface area contributed by atoms with Crippen LogP contribution in [-0.4, -0.2) is 35.1 Å². The van der Waals surface area contributed by atoms with Crippen LogP contribution in [0.4, 0.5) is 0 Å². The summed E-state index contributed by atoms with van der Waals surface area (Å²) in [4.78, 5) is 43.6. The number of hydrogen-bond acceptors (Lipinski definition) is 8. The molecule has 0 radical (unpaired) electrons. The summed E-state index contributed by atoms with van der Waals surface area (Å²) in [5.41, 5.74) is -1.07. The maximum atomic E-state index is 11.4. The van der Waals surface area contributed by atoms with Crippen LogP contribution in [0.3, 0.4) is 0 Å². The number of aliphatic hydroxyl groups is 2. The molecule has 10 nitrogen and oxygen atoms in total. The molecular formula is C14H22N4O6. The van der Waals surface area contributed by atoms with Crippen molar-refractivity contribution in [3.63, 3.8) is 0 Å². The van der Waals surface area contributed by atoms with Crippen molar-refractivity contribution in [3.8, 4) is 0 Å². The van der Waals surface area contributed by atoms with E-state index in [0.717, 1.165) is 12.8 Å². The van der Waals surface area contributed by atoms with Gasteiger partial charge in [-0.05, 0) is 37.0 Å². The zero-order chi connectivity index (χ0) is 18.5. The maximum Gasteiger partial charge on any atom is 0.277 e. The lowest BCUT2D eigenvalue weighted by Gasteiger charge is -2.06. The van der Waals surface area contributed by atoms with Gasteiger partial charge in [-0.15, -0.1) is 9.81 Å². The summed E-state index contributed by atoms with van der Waals surface area (Å²) >= 11 is 0. The Morgan fingerprint density at radius 1 is 0.750 bits per heavy atom. The first kappa shape index (κ1) is 21.2. The normalized spacial score (nSPS) is 12.6. The first-order valence-corrected chi connectivity index (χ1v) is 7.37. The summed E-state index contributed by atoms with van der Waals surface area (Å²) in [5.74, 6) is -2.32. The first-order valence-electron chi connectivity index (χ1n) is 7.37. The number of nitroso groups, excluding NO2 is 2. The SMILES string of the molecule is CC(O)=C(N=O)C(=O)NCCCCCCNC(=O)C(N=O)=C(C)O. The van der Waals surface area contributed by atoms with Gasteiger partial charge >= 0.3 is 0 Å². The molecule has 2 amide bonds. The summed E-state index contributed by atoms with van der Waals surface area (Å²) < 4.78 is 0. The Kier molecular flexibility index (Phi) is 10.4. The third-order valence-corrected chi connectivity index (χ3v) is 2.97. The molecular weight excluding hydrogens is 320 g/mol. The zero-order valence-corrected chi connectivity index (χ0v) is 13.7. The summed E-state index contributed by atoms with van der Waals surface area (Å²) in [6, 6.07) is 0. The Labute approximate surface area is 139 Å². The molecule has 0 unspecified atom stereocenters. The monoisotopic (exact) mass is 342 g/mol. The summed E-state index contributed by atoms with van der Waals surface area (Å²) in [6.45, 7) is 3.04. The molecule has 24 heavy (non-hydrogen) atoms. The van der Waals surface area contributed by atoms with Crippen LogP contribution in [0.2, 0.25) is 0 Å². The van der Waals surface area contributed by atoms with E-state index in [1.165, 1.54) is 13.8 Å². The van der Waals surface area contributed by atoms with Gasteiger partial charge in [0.1, 0.15) is 11.5 Å². The molecule has 0 bridgehead atoms. The van der Waals surface area contributed by atoms with Gasteiger partial charge in [0.25, 0.3) is 11.8 Å². The number of carbonyl (C=O) groups is 2. The van der Waals surface area contributed by atoms with E-state index in [0.29, 0.717) is 25.9 Å². The van der Waals surface area contributed by atoms with Crippen molar-refractivity contribution in [2.75, 3.05) is 13.1 Å². The van der Waals surface area contributed by atoms with Crippen molar-refractivity contribution < 1.29 is 19.8 Å². The van der Waals surface area contributed by atoms with Crippen LogP contribution in [0.25, 0.3) is 0 Å². The number of hydrogen-bond donors (Lipinski definition) is 4. The van der Waals surface area contributed by atoms with Gasteiger partial charge in [-0.2, -0.15) is 0 Å². The third kappa shape index (κ3) is 8.01. The largest absolute Gasteiger partial charge is 0.510 e. The van der Waals surface area contributed by atoms with Crippen molar-refractivity contribution in [2.45, 2.75) is 39.5 Å². The summed E-state index contributed by atoms with van der Waals surface area (Å²) in [6.07, 6.45) is 2.81. The molecule has 0 heterocycles. The van der Waals surface area contributed by atoms with Crippen LogP contribution in [-0.2, 0) is 9.59 Å². The van der Waals surface area contributed by atoms with E-state index in [4.69, 9.17) is 10.2 Å². The summed E-state index contributed by atoms with van der Waals surface area (Å²) in [7, 11) is 0. The lowest BCUT2D eigenvalue weighted by molar-refractivity contribution is -0.118. The molecule has 0 aromatic rings. The van der Waals surface area contributed by atoms with Gasteiger partial charge in [0, 0.05) is 13.1 Å². The Hall–Kier alpha value is -2.78. The highest BCUT2D eigenvalue weighted by Crippen LogP contribution is 2.04. The molecule has 0 aromatic heterocycles. The minimum atomic E-state index is -0.725. The second-order valence-electron chi connectivity index (χ2n) is 4.98. The highest BCUT2D eigenvalue weighted by atomic mass is 16.3. The van der Waals surface area contributed by atoms with E-state index < -0.39 is 34.7 Å². The predicted molar refractivity (Wildman–Crippen MR) is 86.7 cm³/mol. The highest BCUT2D eigenvalue weighted by molar-refractivity contribution is 5.93. The number of nitrogens with one attached hydrogen (secondary N) is 2. The van der Waals surface area contributed by atoms with Gasteiger partial charge in [0.05, 0.1) is 0 Å². The van der Waals surface area contributed by atoms with Gasteiger partial charge in [0.15, 0.2) is 0 Å². The first-order chi connectivity index (χ1) is 11.3. The Morgan fingerprint density at radius 3 is 1.33 bits per heavy atom. The molecule has 0 spiro atoms. The van der Waals surface area contributed by atoms with E-state index in [1.54, 1.807) is 0 Å². The van der Waals surface area contributed by atoms with Crippen LogP contribution in [0.15, 0.2) is 33.3 Å². The molecule has 134 valence electrons. The third-order valence-electron chi connectivity index (χ3n) is 2.97. The van der Waals surface area contributed by atoms with Gasteiger partial charge < -0.3 is 20.8 Å². The number of amides is 2. The van der Waals surface area contributed by atoms with Crippen molar-refractivity contribution in [3.05, 3.63) is 32.7 Å².